The Hall–Kier alpha value is -1.82. The second-order valence-corrected chi connectivity index (χ2v) is 11.9. The van der Waals surface area contributed by atoms with Gasteiger partial charge in [-0.3, -0.25) is 0 Å². The average molecular weight is 459 g/mol. The minimum Gasteiger partial charge on any atom is -0.364 e. The summed E-state index contributed by atoms with van der Waals surface area (Å²) in [5.41, 5.74) is 0.654. The van der Waals surface area contributed by atoms with E-state index in [1.807, 2.05) is 0 Å². The molecular weight excluding hydrogens is 432 g/mol. The monoisotopic (exact) mass is 458 g/mol. The van der Waals surface area contributed by atoms with Gasteiger partial charge >= 0.3 is 0 Å². The van der Waals surface area contributed by atoms with Gasteiger partial charge in [0, 0.05) is 25.4 Å². The Balaban J connectivity index is 2.59. The Bertz CT molecular complexity index is 959. The van der Waals surface area contributed by atoms with Gasteiger partial charge in [0.15, 0.2) is 31.2 Å². The van der Waals surface area contributed by atoms with Gasteiger partial charge in [-0.25, -0.2) is 16.8 Å². The van der Waals surface area contributed by atoms with Gasteiger partial charge in [-0.2, -0.15) is 0 Å². The van der Waals surface area contributed by atoms with Gasteiger partial charge in [-0.1, -0.05) is 60.7 Å². The van der Waals surface area contributed by atoms with Crippen molar-refractivity contribution in [1.29, 1.82) is 0 Å². The summed E-state index contributed by atoms with van der Waals surface area (Å²) in [6, 6.07) is 15.7. The normalized spacial score (nSPS) is 15.5. The van der Waals surface area contributed by atoms with Gasteiger partial charge in [0.05, 0.1) is 0 Å². The molecule has 2 rings (SSSR count). The van der Waals surface area contributed by atoms with Gasteiger partial charge in [0.25, 0.3) is 0 Å². The Morgan fingerprint density at radius 2 is 0.900 bits per heavy atom. The van der Waals surface area contributed by atoms with Crippen LogP contribution in [0.15, 0.2) is 60.7 Å². The molecule has 0 aliphatic heterocycles. The fraction of sp³-hybridized carbons (Fsp3) is 0.400. The predicted octanol–water partition coefficient (Wildman–Crippen LogP) is -0.340. The van der Waals surface area contributed by atoms with Crippen molar-refractivity contribution in [1.82, 2.24) is 0 Å². The molecule has 0 aliphatic carbocycles. The van der Waals surface area contributed by atoms with E-state index in [1.165, 1.54) is 24.3 Å². The summed E-state index contributed by atoms with van der Waals surface area (Å²) >= 11 is 0. The number of sulfone groups is 2. The second kappa shape index (κ2) is 8.74. The van der Waals surface area contributed by atoms with Crippen molar-refractivity contribution in [3.05, 3.63) is 71.8 Å². The smallest absolute Gasteiger partial charge is 0.185 e. The van der Waals surface area contributed by atoms with Crippen LogP contribution >= 0.6 is 0 Å². The lowest BCUT2D eigenvalue weighted by Gasteiger charge is -2.40. The first kappa shape index (κ1) is 24.4. The van der Waals surface area contributed by atoms with E-state index in [0.717, 1.165) is 0 Å². The number of hydrogen-bond acceptors (Lipinski definition) is 8. The van der Waals surface area contributed by atoms with Gasteiger partial charge in [0.2, 0.25) is 0 Å². The molecule has 0 aromatic heterocycles. The highest BCUT2D eigenvalue weighted by Gasteiger charge is 2.58. The average Bonchev–Trinajstić information content (AvgIpc) is 2.58. The minimum absolute atomic E-state index is 0.327. The Morgan fingerprint density at radius 1 is 0.633 bits per heavy atom. The predicted molar refractivity (Wildman–Crippen MR) is 112 cm³/mol. The zero-order valence-electron chi connectivity index (χ0n) is 16.6. The van der Waals surface area contributed by atoms with E-state index >= 15 is 0 Å². The zero-order valence-corrected chi connectivity index (χ0v) is 18.2. The lowest BCUT2D eigenvalue weighted by molar-refractivity contribution is -0.201. The third-order valence-electron chi connectivity index (χ3n) is 4.72. The highest BCUT2D eigenvalue weighted by molar-refractivity contribution is 7.95. The topological polar surface area (TPSA) is 149 Å². The zero-order chi connectivity index (χ0) is 22.8. The van der Waals surface area contributed by atoms with Gasteiger partial charge in [0.1, 0.15) is 10.5 Å². The van der Waals surface area contributed by atoms with E-state index in [2.05, 4.69) is 0 Å². The number of hydrogen-bond donors (Lipinski definition) is 4. The molecule has 166 valence electrons. The summed E-state index contributed by atoms with van der Waals surface area (Å²) in [7, 11) is -9.00. The maximum absolute atomic E-state index is 12.5. The van der Waals surface area contributed by atoms with Crippen molar-refractivity contribution < 1.29 is 37.3 Å². The number of aliphatic hydroxyl groups is 4. The summed E-state index contributed by atoms with van der Waals surface area (Å²) in [4.78, 5) is 0. The molecule has 0 saturated heterocycles. The van der Waals surface area contributed by atoms with Crippen molar-refractivity contribution in [2.24, 2.45) is 0 Å². The molecule has 0 spiro atoms. The standard InChI is InChI=1S/C20H26O8S2/c1-29(25,26)17(19(21,22)13-15-9-5-3-6-10-15)18(30(2,27)28)20(23,24)14-16-11-7-4-8-12-16/h3-12,17-18,21-24H,13-14H2,1-2H3. The van der Waals surface area contributed by atoms with E-state index in [0.29, 0.717) is 23.6 Å². The third kappa shape index (κ3) is 6.10. The van der Waals surface area contributed by atoms with E-state index in [-0.39, 0.29) is 0 Å². The molecule has 0 amide bonds. The summed E-state index contributed by atoms with van der Waals surface area (Å²) in [5.74, 6) is -6.20. The molecule has 30 heavy (non-hydrogen) atoms. The summed E-state index contributed by atoms with van der Waals surface area (Å²) < 4.78 is 50.2. The molecule has 0 fully saturated rings. The summed E-state index contributed by atoms with van der Waals surface area (Å²) in [5, 5.41) is 38.0. The molecule has 2 atom stereocenters. The SMILES string of the molecule is CS(=O)(=O)C(C(C(O)(O)Cc1ccccc1)S(C)(=O)=O)C(O)(O)Cc1ccccc1. The van der Waals surface area contributed by atoms with Gasteiger partial charge < -0.3 is 20.4 Å². The van der Waals surface area contributed by atoms with Crippen molar-refractivity contribution in [2.45, 2.75) is 34.9 Å². The van der Waals surface area contributed by atoms with E-state index in [1.54, 1.807) is 36.4 Å². The largest absolute Gasteiger partial charge is 0.364 e. The van der Waals surface area contributed by atoms with Crippen LogP contribution in [0.4, 0.5) is 0 Å². The maximum atomic E-state index is 12.5. The first-order valence-electron chi connectivity index (χ1n) is 9.00. The fourth-order valence-electron chi connectivity index (χ4n) is 3.61. The molecule has 2 unspecified atom stereocenters. The molecule has 0 heterocycles. The van der Waals surface area contributed by atoms with Crippen LogP contribution in [0.2, 0.25) is 0 Å². The van der Waals surface area contributed by atoms with E-state index in [9.17, 15) is 37.3 Å². The van der Waals surface area contributed by atoms with Crippen LogP contribution in [0.25, 0.3) is 0 Å². The van der Waals surface area contributed by atoms with Crippen LogP contribution in [-0.4, -0.2) is 71.8 Å². The van der Waals surface area contributed by atoms with E-state index in [4.69, 9.17) is 0 Å². The van der Waals surface area contributed by atoms with Crippen LogP contribution < -0.4 is 0 Å². The molecule has 4 N–H and O–H groups in total. The van der Waals surface area contributed by atoms with Gasteiger partial charge in [-0.05, 0) is 11.1 Å². The van der Waals surface area contributed by atoms with Crippen LogP contribution in [0.1, 0.15) is 11.1 Å². The minimum atomic E-state index is -4.50. The molecule has 0 saturated carbocycles. The van der Waals surface area contributed by atoms with Crippen LogP contribution in [-0.2, 0) is 32.5 Å². The molecule has 8 nitrogen and oxygen atoms in total. The highest BCUT2D eigenvalue weighted by Crippen LogP contribution is 2.33. The maximum Gasteiger partial charge on any atom is 0.185 e. The molecule has 2 aromatic carbocycles. The Kier molecular flexibility index (Phi) is 7.12. The molecule has 0 aliphatic rings. The number of rotatable bonds is 9. The molecular formula is C20H26O8S2. The van der Waals surface area contributed by atoms with Gasteiger partial charge in [-0.15, -0.1) is 0 Å². The van der Waals surface area contributed by atoms with Crippen molar-refractivity contribution >= 4 is 19.7 Å². The van der Waals surface area contributed by atoms with Crippen molar-refractivity contribution in [2.75, 3.05) is 12.5 Å². The van der Waals surface area contributed by atoms with Crippen molar-refractivity contribution in [3.8, 4) is 0 Å². The van der Waals surface area contributed by atoms with E-state index < -0.39 is 54.6 Å². The second-order valence-electron chi connectivity index (χ2n) is 7.58. The lowest BCUT2D eigenvalue weighted by atomic mass is 9.93. The molecule has 0 radical (unpaired) electrons. The summed E-state index contributed by atoms with van der Waals surface area (Å²) in [6.45, 7) is 0. The van der Waals surface area contributed by atoms with Crippen molar-refractivity contribution in [3.63, 3.8) is 0 Å². The Morgan fingerprint density at radius 3 is 1.13 bits per heavy atom. The molecule has 0 bridgehead atoms. The highest BCUT2D eigenvalue weighted by atomic mass is 32.2. The first-order valence-corrected chi connectivity index (χ1v) is 12.9. The quantitative estimate of drug-likeness (QED) is 0.373. The first-order chi connectivity index (χ1) is 13.6. The molecule has 10 heteroatoms. The molecule has 2 aromatic rings. The summed E-state index contributed by atoms with van der Waals surface area (Å²) in [6.07, 6.45) is -0.0285. The fourth-order valence-corrected chi connectivity index (χ4v) is 7.70. The van der Waals surface area contributed by atoms with Crippen LogP contribution in [0, 0.1) is 0 Å². The lowest BCUT2D eigenvalue weighted by Crippen LogP contribution is -2.64. The van der Waals surface area contributed by atoms with Crippen LogP contribution in [0.5, 0.6) is 0 Å². The van der Waals surface area contributed by atoms with Crippen LogP contribution in [0.3, 0.4) is 0 Å². The third-order valence-corrected chi connectivity index (χ3v) is 8.04. The Labute approximate surface area is 176 Å². The number of benzene rings is 2.